The van der Waals surface area contributed by atoms with Crippen molar-refractivity contribution in [3.8, 4) is 0 Å². The van der Waals surface area contributed by atoms with Gasteiger partial charge >= 0.3 is 0 Å². The number of ether oxygens (including phenoxy) is 1. The maximum Gasteiger partial charge on any atom is 0.0594 e. The fourth-order valence-electron chi connectivity index (χ4n) is 2.18. The van der Waals surface area contributed by atoms with Crippen molar-refractivity contribution < 1.29 is 4.74 Å². The molecular formula is C14H30N2O. The molecular weight excluding hydrogens is 212 g/mol. The van der Waals surface area contributed by atoms with Crippen molar-refractivity contribution in [1.29, 1.82) is 0 Å². The molecule has 0 amide bonds. The summed E-state index contributed by atoms with van der Waals surface area (Å²) >= 11 is 0. The number of rotatable bonds is 0. The second-order valence-electron chi connectivity index (χ2n) is 5.62. The summed E-state index contributed by atoms with van der Waals surface area (Å²) in [5.74, 6) is 1.55. The molecule has 2 heterocycles. The predicted octanol–water partition coefficient (Wildman–Crippen LogP) is 2.03. The minimum Gasteiger partial charge on any atom is -0.377 e. The van der Waals surface area contributed by atoms with Crippen molar-refractivity contribution >= 4 is 0 Å². The van der Waals surface area contributed by atoms with Crippen LogP contribution in [0.1, 0.15) is 40.5 Å². The van der Waals surface area contributed by atoms with Gasteiger partial charge in [0.05, 0.1) is 12.7 Å². The lowest BCUT2D eigenvalue weighted by Crippen LogP contribution is -2.37. The smallest absolute Gasteiger partial charge is 0.0594 e. The van der Waals surface area contributed by atoms with Crippen LogP contribution in [0.4, 0.5) is 0 Å². The third kappa shape index (κ3) is 5.84. The Hall–Kier alpha value is -0.120. The van der Waals surface area contributed by atoms with Gasteiger partial charge in [-0.2, -0.15) is 0 Å². The maximum atomic E-state index is 5.45. The highest BCUT2D eigenvalue weighted by molar-refractivity contribution is 4.73. The fourth-order valence-corrected chi connectivity index (χ4v) is 2.18. The van der Waals surface area contributed by atoms with Gasteiger partial charge in [-0.25, -0.2) is 0 Å². The molecule has 4 atom stereocenters. The summed E-state index contributed by atoms with van der Waals surface area (Å²) in [6.07, 6.45) is 3.21. The second-order valence-corrected chi connectivity index (χ2v) is 5.62. The maximum absolute atomic E-state index is 5.45. The van der Waals surface area contributed by atoms with Crippen LogP contribution < -0.4 is 10.6 Å². The van der Waals surface area contributed by atoms with E-state index in [2.05, 4.69) is 38.3 Å². The van der Waals surface area contributed by atoms with E-state index in [1.54, 1.807) is 0 Å². The SMILES string of the molecule is CC1CCCNC1C.CC1CNCCOC1C. The molecule has 0 aromatic heterocycles. The Kier molecular flexibility index (Phi) is 7.09. The van der Waals surface area contributed by atoms with Gasteiger partial charge in [-0.1, -0.05) is 13.8 Å². The molecule has 3 heteroatoms. The van der Waals surface area contributed by atoms with Gasteiger partial charge < -0.3 is 15.4 Å². The Balaban J connectivity index is 0.000000171. The van der Waals surface area contributed by atoms with E-state index in [0.717, 1.165) is 31.7 Å². The van der Waals surface area contributed by atoms with Crippen LogP contribution in [-0.2, 0) is 4.74 Å². The molecule has 0 aliphatic carbocycles. The Labute approximate surface area is 107 Å². The molecule has 2 N–H and O–H groups in total. The first-order valence-electron chi connectivity index (χ1n) is 7.17. The fraction of sp³-hybridized carbons (Fsp3) is 1.00. The van der Waals surface area contributed by atoms with Gasteiger partial charge in [-0.3, -0.25) is 0 Å². The molecule has 2 aliphatic rings. The van der Waals surface area contributed by atoms with Crippen molar-refractivity contribution in [1.82, 2.24) is 10.6 Å². The van der Waals surface area contributed by atoms with Gasteiger partial charge in [0.25, 0.3) is 0 Å². The third-order valence-electron chi connectivity index (χ3n) is 4.08. The summed E-state index contributed by atoms with van der Waals surface area (Å²) in [6, 6.07) is 0.753. The van der Waals surface area contributed by atoms with Crippen LogP contribution in [0.3, 0.4) is 0 Å². The molecule has 2 fully saturated rings. The zero-order chi connectivity index (χ0) is 12.7. The van der Waals surface area contributed by atoms with Gasteiger partial charge in [0.15, 0.2) is 0 Å². The van der Waals surface area contributed by atoms with Gasteiger partial charge in [0.2, 0.25) is 0 Å². The minimum absolute atomic E-state index is 0.431. The summed E-state index contributed by atoms with van der Waals surface area (Å²) in [5, 5.41) is 6.73. The Morgan fingerprint density at radius 2 is 1.76 bits per heavy atom. The lowest BCUT2D eigenvalue weighted by atomic mass is 9.94. The van der Waals surface area contributed by atoms with Crippen LogP contribution in [0.5, 0.6) is 0 Å². The predicted molar refractivity (Wildman–Crippen MR) is 73.3 cm³/mol. The first-order chi connectivity index (χ1) is 8.11. The lowest BCUT2D eigenvalue weighted by molar-refractivity contribution is 0.0510. The molecule has 0 saturated carbocycles. The molecule has 0 bridgehead atoms. The topological polar surface area (TPSA) is 33.3 Å². The van der Waals surface area contributed by atoms with E-state index < -0.39 is 0 Å². The van der Waals surface area contributed by atoms with Gasteiger partial charge in [-0.05, 0) is 45.1 Å². The van der Waals surface area contributed by atoms with Crippen molar-refractivity contribution in [3.63, 3.8) is 0 Å². The molecule has 102 valence electrons. The van der Waals surface area contributed by atoms with Crippen LogP contribution in [-0.4, -0.2) is 38.4 Å². The van der Waals surface area contributed by atoms with Crippen LogP contribution in [0, 0.1) is 11.8 Å². The summed E-state index contributed by atoms with van der Waals surface area (Å²) in [6.45, 7) is 13.1. The molecule has 0 aromatic carbocycles. The Morgan fingerprint density at radius 1 is 1.00 bits per heavy atom. The number of nitrogens with one attached hydrogen (secondary N) is 2. The quantitative estimate of drug-likeness (QED) is 0.682. The summed E-state index contributed by atoms with van der Waals surface area (Å²) in [5.41, 5.74) is 0. The first kappa shape index (κ1) is 14.9. The zero-order valence-electron chi connectivity index (χ0n) is 12.0. The third-order valence-corrected chi connectivity index (χ3v) is 4.08. The standard InChI is InChI=1S/C7H15NO.C7H15N/c1-6-5-8-3-4-9-7(6)2;1-6-4-3-5-8-7(6)2/h6-8H,3-5H2,1-2H3;6-8H,3-5H2,1-2H3. The molecule has 2 rings (SSSR count). The second kappa shape index (κ2) is 8.06. The summed E-state index contributed by atoms with van der Waals surface area (Å²) < 4.78 is 5.45. The van der Waals surface area contributed by atoms with Gasteiger partial charge in [0, 0.05) is 19.1 Å². The van der Waals surface area contributed by atoms with Crippen molar-refractivity contribution in [2.24, 2.45) is 11.8 Å². The monoisotopic (exact) mass is 242 g/mol. The van der Waals surface area contributed by atoms with Gasteiger partial charge in [0.1, 0.15) is 0 Å². The van der Waals surface area contributed by atoms with E-state index in [1.165, 1.54) is 19.4 Å². The molecule has 0 aromatic rings. The molecule has 0 spiro atoms. The number of piperidine rings is 1. The number of hydrogen-bond acceptors (Lipinski definition) is 3. The van der Waals surface area contributed by atoms with Crippen LogP contribution in [0.15, 0.2) is 0 Å². The molecule has 17 heavy (non-hydrogen) atoms. The van der Waals surface area contributed by atoms with Gasteiger partial charge in [-0.15, -0.1) is 0 Å². The Bertz CT molecular complexity index is 179. The lowest BCUT2D eigenvalue weighted by Gasteiger charge is -2.26. The molecule has 3 nitrogen and oxygen atoms in total. The largest absolute Gasteiger partial charge is 0.377 e. The van der Waals surface area contributed by atoms with E-state index in [1.807, 2.05) is 0 Å². The molecule has 2 aliphatic heterocycles. The van der Waals surface area contributed by atoms with Crippen molar-refractivity contribution in [2.75, 3.05) is 26.2 Å². The normalized spacial score (nSPS) is 38.8. The zero-order valence-corrected chi connectivity index (χ0v) is 12.0. The first-order valence-corrected chi connectivity index (χ1v) is 7.17. The average molecular weight is 242 g/mol. The van der Waals surface area contributed by atoms with E-state index in [-0.39, 0.29) is 0 Å². The average Bonchev–Trinajstić information content (AvgIpc) is 2.50. The highest BCUT2D eigenvalue weighted by Gasteiger charge is 2.15. The summed E-state index contributed by atoms with van der Waals surface area (Å²) in [4.78, 5) is 0. The van der Waals surface area contributed by atoms with E-state index in [4.69, 9.17) is 4.74 Å². The highest BCUT2D eigenvalue weighted by Crippen LogP contribution is 2.13. The van der Waals surface area contributed by atoms with E-state index >= 15 is 0 Å². The molecule has 0 radical (unpaired) electrons. The van der Waals surface area contributed by atoms with Crippen LogP contribution in [0.2, 0.25) is 0 Å². The minimum atomic E-state index is 0.431. The molecule has 4 unspecified atom stereocenters. The highest BCUT2D eigenvalue weighted by atomic mass is 16.5. The Morgan fingerprint density at radius 3 is 2.35 bits per heavy atom. The van der Waals surface area contributed by atoms with E-state index in [0.29, 0.717) is 12.0 Å². The van der Waals surface area contributed by atoms with Crippen molar-refractivity contribution in [2.45, 2.75) is 52.7 Å². The summed E-state index contributed by atoms with van der Waals surface area (Å²) in [7, 11) is 0. The van der Waals surface area contributed by atoms with Crippen LogP contribution in [0.25, 0.3) is 0 Å². The van der Waals surface area contributed by atoms with E-state index in [9.17, 15) is 0 Å². The van der Waals surface area contributed by atoms with Crippen molar-refractivity contribution in [3.05, 3.63) is 0 Å². The van der Waals surface area contributed by atoms with Crippen LogP contribution >= 0.6 is 0 Å². The molecule has 2 saturated heterocycles. The number of hydrogen-bond donors (Lipinski definition) is 2.